The predicted molar refractivity (Wildman–Crippen MR) is 386 cm³/mol. The highest BCUT2D eigenvalue weighted by molar-refractivity contribution is 5.76. The molecule has 0 aromatic heterocycles. The van der Waals surface area contributed by atoms with Crippen molar-refractivity contribution in [3.05, 3.63) is 60.8 Å². The smallest absolute Gasteiger partial charge is 0.312 e. The first kappa shape index (κ1) is 94.7. The highest BCUT2D eigenvalue weighted by atomic mass is 16.6. The summed E-state index contributed by atoms with van der Waals surface area (Å²) in [7, 11) is 0. The molecular weight excluding hydrogens is 1120 g/mol. The molecule has 2 N–H and O–H groups in total. The molecule has 0 aromatic carbocycles. The monoisotopic (exact) mass is 1270 g/mol. The molecule has 0 amide bonds. The summed E-state index contributed by atoms with van der Waals surface area (Å²) < 4.78 is 27.1. The second-order valence-corrected chi connectivity index (χ2v) is 28.0. The SMILES string of the molecule is CCC(CC)OC(=O)[C@H](C)/C=C/[C@H](C)CC(C)C.CCC(CC)OC(=O)[C@H](C)/C=C/[C@H](C)CC(C)C.CCC(CC)OC(=O)[C@H](C)/C=C/[C@H](C)CC(C)C.CCC(CC)OC(=O)[C@H](C)/C=C/[C@H](C)CC(C)C.CCC(CC)OC(=O)[C@H](C)/C=C/[C@H](N)CC(C)C. The van der Waals surface area contributed by atoms with Gasteiger partial charge in [0.1, 0.15) is 30.5 Å². The quantitative estimate of drug-likeness (QED) is 0.0354. The van der Waals surface area contributed by atoms with Gasteiger partial charge in [0.25, 0.3) is 0 Å². The van der Waals surface area contributed by atoms with Gasteiger partial charge in [-0.1, -0.05) is 227 Å². The number of hydrogen-bond acceptors (Lipinski definition) is 11. The standard InChI is InChI=1S/4C16H30O2.C15H29NO2/c4*1-7-15(8-2)18-16(17)14(6)10-9-13(5)11-12(3)4;1-6-14(7-2)18-15(17)12(5)8-9-13(16)10-11(3)4/h4*9-10,12-15H,7-8,11H2,1-6H3;8-9,11-14H,6-7,10,16H2,1-5H3/b4*10-9+;9-8+/t4*13-,14+;12-,13+/m00001/s1. The van der Waals surface area contributed by atoms with Crippen molar-refractivity contribution in [2.75, 3.05) is 0 Å². The van der Waals surface area contributed by atoms with Crippen LogP contribution in [0.4, 0.5) is 0 Å². The summed E-state index contributed by atoms with van der Waals surface area (Å²) in [6, 6.07) is 0.0217. The third-order valence-corrected chi connectivity index (χ3v) is 15.5. The van der Waals surface area contributed by atoms with Crippen LogP contribution in [0.1, 0.15) is 297 Å². The van der Waals surface area contributed by atoms with E-state index in [1.165, 1.54) is 0 Å². The third kappa shape index (κ3) is 56.7. The van der Waals surface area contributed by atoms with Crippen LogP contribution in [0.2, 0.25) is 0 Å². The van der Waals surface area contributed by atoms with Crippen LogP contribution in [0.3, 0.4) is 0 Å². The molecule has 530 valence electrons. The zero-order valence-corrected chi connectivity index (χ0v) is 64.1. The number of rotatable bonds is 40. The molecule has 0 aliphatic heterocycles. The number of hydrogen-bond donors (Lipinski definition) is 1. The van der Waals surface area contributed by atoms with Crippen LogP contribution >= 0.6 is 0 Å². The summed E-state index contributed by atoms with van der Waals surface area (Å²) in [4.78, 5) is 59.1. The molecule has 0 aromatic rings. The number of nitrogens with two attached hydrogens (primary N) is 1. The summed E-state index contributed by atoms with van der Waals surface area (Å²) >= 11 is 0. The molecule has 0 saturated carbocycles. The van der Waals surface area contributed by atoms with E-state index in [0.29, 0.717) is 53.3 Å². The molecule has 0 rings (SSSR count). The van der Waals surface area contributed by atoms with E-state index in [2.05, 4.69) is 121 Å². The van der Waals surface area contributed by atoms with E-state index >= 15 is 0 Å². The molecule has 0 aliphatic rings. The van der Waals surface area contributed by atoms with Gasteiger partial charge in [0.05, 0.1) is 29.6 Å². The van der Waals surface area contributed by atoms with Gasteiger partial charge in [0.15, 0.2) is 0 Å². The van der Waals surface area contributed by atoms with E-state index in [0.717, 1.165) is 96.3 Å². The normalized spacial score (nSPS) is 15.3. The van der Waals surface area contributed by atoms with Crippen LogP contribution in [0.5, 0.6) is 0 Å². The molecule has 11 nitrogen and oxygen atoms in total. The molecule has 0 unspecified atom stereocenters. The summed E-state index contributed by atoms with van der Waals surface area (Å²) in [6.45, 7) is 60.7. The minimum absolute atomic E-state index is 0.0217. The van der Waals surface area contributed by atoms with Crippen LogP contribution in [0, 0.1) is 82.9 Å². The minimum atomic E-state index is -0.219. The highest BCUT2D eigenvalue weighted by Gasteiger charge is 2.21. The lowest BCUT2D eigenvalue weighted by molar-refractivity contribution is -0.153. The van der Waals surface area contributed by atoms with Crippen molar-refractivity contribution in [1.29, 1.82) is 0 Å². The van der Waals surface area contributed by atoms with Crippen LogP contribution < -0.4 is 5.73 Å². The summed E-state index contributed by atoms with van der Waals surface area (Å²) in [5.41, 5.74) is 5.94. The third-order valence-electron chi connectivity index (χ3n) is 15.5. The van der Waals surface area contributed by atoms with Crippen molar-refractivity contribution < 1.29 is 47.7 Å². The molecular formula is C79H149NO10. The molecule has 90 heavy (non-hydrogen) atoms. The van der Waals surface area contributed by atoms with Crippen LogP contribution in [0.15, 0.2) is 60.8 Å². The first-order valence-corrected chi connectivity index (χ1v) is 36.2. The second kappa shape index (κ2) is 58.8. The Hall–Kier alpha value is -3.99. The molecule has 0 fully saturated rings. The number of carbonyl (C=O) groups is 5. The molecule has 0 radical (unpaired) electrons. The van der Waals surface area contributed by atoms with Crippen molar-refractivity contribution in [3.63, 3.8) is 0 Å². The van der Waals surface area contributed by atoms with E-state index in [4.69, 9.17) is 29.4 Å². The molecule has 0 saturated heterocycles. The first-order chi connectivity index (χ1) is 42.0. The highest BCUT2D eigenvalue weighted by Crippen LogP contribution is 2.20. The van der Waals surface area contributed by atoms with Gasteiger partial charge in [-0.25, -0.2) is 0 Å². The maximum atomic E-state index is 11.8. The average Bonchev–Trinajstić information content (AvgIpc) is 3.66. The van der Waals surface area contributed by atoms with Crippen molar-refractivity contribution in [2.24, 2.45) is 88.6 Å². The Labute approximate surface area is 557 Å². The Kier molecular flexibility index (Phi) is 61.9. The molecule has 0 bridgehead atoms. The Morgan fingerprint density at radius 2 is 0.389 bits per heavy atom. The molecule has 10 atom stereocenters. The zero-order chi connectivity index (χ0) is 70.6. The van der Waals surface area contributed by atoms with Crippen LogP contribution in [0.25, 0.3) is 0 Å². The van der Waals surface area contributed by atoms with Crippen LogP contribution in [-0.4, -0.2) is 66.4 Å². The first-order valence-electron chi connectivity index (χ1n) is 36.2. The Morgan fingerprint density at radius 1 is 0.244 bits per heavy atom. The molecule has 11 heteroatoms. The lowest BCUT2D eigenvalue weighted by Crippen LogP contribution is -2.22. The largest absolute Gasteiger partial charge is 0.462 e. The fourth-order valence-corrected chi connectivity index (χ4v) is 9.67. The number of allylic oxidation sites excluding steroid dienone is 4. The fraction of sp³-hybridized carbons (Fsp3) is 0.810. The van der Waals surface area contributed by atoms with E-state index < -0.39 is 0 Å². The van der Waals surface area contributed by atoms with Crippen molar-refractivity contribution in [1.82, 2.24) is 0 Å². The van der Waals surface area contributed by atoms with Gasteiger partial charge in [0, 0.05) is 6.04 Å². The van der Waals surface area contributed by atoms with Gasteiger partial charge in [0.2, 0.25) is 0 Å². The number of carbonyl (C=O) groups excluding carboxylic acids is 5. The van der Waals surface area contributed by atoms with E-state index in [1.54, 1.807) is 0 Å². The van der Waals surface area contributed by atoms with Gasteiger partial charge >= 0.3 is 29.8 Å². The lowest BCUT2D eigenvalue weighted by atomic mass is 9.97. The number of esters is 5. The minimum Gasteiger partial charge on any atom is -0.462 e. The summed E-state index contributed by atoms with van der Waals surface area (Å²) in [5.74, 6) is 4.09. The fourth-order valence-electron chi connectivity index (χ4n) is 9.67. The topological polar surface area (TPSA) is 158 Å². The van der Waals surface area contributed by atoms with E-state index in [1.807, 2.05) is 140 Å². The second-order valence-electron chi connectivity index (χ2n) is 28.0. The van der Waals surface area contributed by atoms with Crippen molar-refractivity contribution >= 4 is 29.8 Å². The molecule has 0 spiro atoms. The van der Waals surface area contributed by atoms with Crippen molar-refractivity contribution in [3.8, 4) is 0 Å². The predicted octanol–water partition coefficient (Wildman–Crippen LogP) is 21.7. The summed E-state index contributed by atoms with van der Waals surface area (Å²) in [5, 5.41) is 0. The van der Waals surface area contributed by atoms with Crippen LogP contribution in [-0.2, 0) is 47.7 Å². The average molecular weight is 1270 g/mol. The van der Waals surface area contributed by atoms with Gasteiger partial charge in [-0.2, -0.15) is 0 Å². The summed E-state index contributed by atoms with van der Waals surface area (Å²) in [6.07, 6.45) is 35.0. The Balaban J connectivity index is -0.000000334. The maximum absolute atomic E-state index is 11.8. The lowest BCUT2D eigenvalue weighted by Gasteiger charge is -2.16. The number of ether oxygens (including phenoxy) is 5. The van der Waals surface area contributed by atoms with E-state index in [-0.39, 0.29) is 96.0 Å². The van der Waals surface area contributed by atoms with E-state index in [9.17, 15) is 24.0 Å². The Morgan fingerprint density at radius 3 is 0.522 bits per heavy atom. The zero-order valence-electron chi connectivity index (χ0n) is 64.1. The van der Waals surface area contributed by atoms with Gasteiger partial charge in [-0.3, -0.25) is 24.0 Å². The van der Waals surface area contributed by atoms with Gasteiger partial charge in [-0.15, -0.1) is 0 Å². The molecule has 0 aliphatic carbocycles. The maximum Gasteiger partial charge on any atom is 0.312 e. The van der Waals surface area contributed by atoms with Crippen molar-refractivity contribution in [2.45, 2.75) is 334 Å². The van der Waals surface area contributed by atoms with Gasteiger partial charge < -0.3 is 29.4 Å². The van der Waals surface area contributed by atoms with Gasteiger partial charge in [-0.05, 0) is 184 Å². The Bertz CT molecular complexity index is 1580. The molecule has 0 heterocycles.